The van der Waals surface area contributed by atoms with Crippen LogP contribution in [0, 0.1) is 5.92 Å². The van der Waals surface area contributed by atoms with Gasteiger partial charge in [-0.25, -0.2) is 0 Å². The highest BCUT2D eigenvalue weighted by Gasteiger charge is 2.25. The Hall–Kier alpha value is -0.710. The Labute approximate surface area is 125 Å². The molecular weight excluding hydrogens is 285 g/mol. The van der Waals surface area contributed by atoms with Crippen molar-refractivity contribution in [2.75, 3.05) is 19.6 Å². The number of aromatic nitrogens is 1. The third-order valence-electron chi connectivity index (χ3n) is 3.57. The average molecular weight is 306 g/mol. The third kappa shape index (κ3) is 3.88. The lowest BCUT2D eigenvalue weighted by Crippen LogP contribution is -2.41. The molecule has 19 heavy (non-hydrogen) atoms. The van der Waals surface area contributed by atoms with E-state index < -0.39 is 0 Å². The molecule has 6 heteroatoms. The maximum Gasteiger partial charge on any atom is 0.270 e. The van der Waals surface area contributed by atoms with Gasteiger partial charge in [-0.05, 0) is 37.8 Å². The van der Waals surface area contributed by atoms with Gasteiger partial charge in [0.2, 0.25) is 0 Å². The zero-order chi connectivity index (χ0) is 13.1. The van der Waals surface area contributed by atoms with Crippen molar-refractivity contribution >= 4 is 29.9 Å². The molecule has 0 saturated carbocycles. The maximum absolute atomic E-state index is 12.4. The number of carbonyl (C=O) groups is 1. The first-order valence-electron chi connectivity index (χ1n) is 6.43. The number of aryl methyl sites for hydroxylation is 1. The van der Waals surface area contributed by atoms with Crippen LogP contribution < -0.4 is 5.73 Å². The zero-order valence-electron chi connectivity index (χ0n) is 11.1. The quantitative estimate of drug-likeness (QED) is 0.931. The molecule has 1 aromatic rings. The lowest BCUT2D eigenvalue weighted by molar-refractivity contribution is 0.0660. The van der Waals surface area contributed by atoms with Crippen molar-refractivity contribution in [2.45, 2.75) is 19.3 Å². The Morgan fingerprint density at radius 3 is 2.89 bits per heavy atom. The van der Waals surface area contributed by atoms with E-state index in [-0.39, 0.29) is 18.3 Å². The fourth-order valence-electron chi connectivity index (χ4n) is 2.62. The molecule has 2 N–H and O–H groups in total. The van der Waals surface area contributed by atoms with Gasteiger partial charge < -0.3 is 15.2 Å². The fourth-order valence-corrected chi connectivity index (χ4v) is 2.87. The monoisotopic (exact) mass is 305 g/mol. The van der Waals surface area contributed by atoms with Gasteiger partial charge in [-0.2, -0.15) is 0 Å². The second-order valence-corrected chi connectivity index (χ2v) is 5.43. The summed E-state index contributed by atoms with van der Waals surface area (Å²) in [7, 11) is 1.85. The number of carbonyl (C=O) groups excluding carboxylic acids is 1. The van der Waals surface area contributed by atoms with Crippen LogP contribution in [0.2, 0.25) is 5.02 Å². The molecular formula is C13H21Cl2N3O. The lowest BCUT2D eigenvalue weighted by Gasteiger charge is -2.32. The molecule has 1 aliphatic rings. The predicted molar refractivity (Wildman–Crippen MR) is 80.0 cm³/mol. The fraction of sp³-hybridized carbons (Fsp3) is 0.615. The number of hydrogen-bond acceptors (Lipinski definition) is 2. The van der Waals surface area contributed by atoms with Crippen molar-refractivity contribution in [3.8, 4) is 0 Å². The molecule has 108 valence electrons. The number of piperidine rings is 1. The summed E-state index contributed by atoms with van der Waals surface area (Å²) in [6.45, 7) is 2.35. The smallest absolute Gasteiger partial charge is 0.270 e. The predicted octanol–water partition coefficient (Wildman–Crippen LogP) is 2.30. The highest BCUT2D eigenvalue weighted by atomic mass is 35.5. The van der Waals surface area contributed by atoms with E-state index >= 15 is 0 Å². The van der Waals surface area contributed by atoms with Gasteiger partial charge in [-0.15, -0.1) is 12.4 Å². The van der Waals surface area contributed by atoms with Crippen LogP contribution in [-0.2, 0) is 7.05 Å². The Morgan fingerprint density at radius 2 is 2.32 bits per heavy atom. The van der Waals surface area contributed by atoms with Gasteiger partial charge in [-0.3, -0.25) is 4.79 Å². The molecule has 1 saturated heterocycles. The van der Waals surface area contributed by atoms with E-state index in [0.29, 0.717) is 23.2 Å². The van der Waals surface area contributed by atoms with Gasteiger partial charge in [0.1, 0.15) is 5.69 Å². The van der Waals surface area contributed by atoms with E-state index in [1.165, 1.54) is 6.42 Å². The molecule has 1 unspecified atom stereocenters. The van der Waals surface area contributed by atoms with Gasteiger partial charge in [0.15, 0.2) is 0 Å². The number of hydrogen-bond donors (Lipinski definition) is 1. The summed E-state index contributed by atoms with van der Waals surface area (Å²) in [6, 6.07) is 1.73. The molecule has 1 atom stereocenters. The zero-order valence-corrected chi connectivity index (χ0v) is 12.7. The molecule has 4 nitrogen and oxygen atoms in total. The van der Waals surface area contributed by atoms with Gasteiger partial charge in [0.05, 0.1) is 5.02 Å². The number of amides is 1. The first-order chi connectivity index (χ1) is 8.61. The van der Waals surface area contributed by atoms with Crippen LogP contribution in [0.3, 0.4) is 0 Å². The minimum absolute atomic E-state index is 0. The number of rotatable bonds is 3. The molecule has 0 aliphatic carbocycles. The highest BCUT2D eigenvalue weighted by molar-refractivity contribution is 6.31. The standard InChI is InChI=1S/C13H20ClN3O.ClH/c1-16-9-11(14)7-12(16)13(18)17-6-2-3-10(8-17)4-5-15;/h7,9-10H,2-6,8,15H2,1H3;1H. The molecule has 1 fully saturated rings. The minimum atomic E-state index is 0. The normalized spacial score (nSPS) is 19.1. The molecule has 0 bridgehead atoms. The molecule has 1 aromatic heterocycles. The van der Waals surface area contributed by atoms with Crippen LogP contribution in [0.25, 0.3) is 0 Å². The number of nitrogens with two attached hydrogens (primary N) is 1. The molecule has 1 amide bonds. The van der Waals surface area contributed by atoms with Gasteiger partial charge >= 0.3 is 0 Å². The molecule has 2 rings (SSSR count). The Balaban J connectivity index is 0.00000180. The van der Waals surface area contributed by atoms with Crippen molar-refractivity contribution in [1.29, 1.82) is 0 Å². The molecule has 2 heterocycles. The number of halogens is 2. The van der Waals surface area contributed by atoms with E-state index in [1.807, 2.05) is 11.9 Å². The van der Waals surface area contributed by atoms with Crippen molar-refractivity contribution in [1.82, 2.24) is 9.47 Å². The third-order valence-corrected chi connectivity index (χ3v) is 3.78. The first kappa shape index (κ1) is 16.3. The van der Waals surface area contributed by atoms with Gasteiger partial charge in [-0.1, -0.05) is 11.6 Å². The van der Waals surface area contributed by atoms with Crippen molar-refractivity contribution < 1.29 is 4.79 Å². The van der Waals surface area contributed by atoms with Crippen LogP contribution in [0.1, 0.15) is 29.8 Å². The summed E-state index contributed by atoms with van der Waals surface area (Å²) in [5.41, 5.74) is 6.26. The van der Waals surface area contributed by atoms with E-state index in [4.69, 9.17) is 17.3 Å². The average Bonchev–Trinajstić information content (AvgIpc) is 2.68. The van der Waals surface area contributed by atoms with Crippen LogP contribution in [-0.4, -0.2) is 35.0 Å². The lowest BCUT2D eigenvalue weighted by atomic mass is 9.94. The van der Waals surface area contributed by atoms with E-state index in [2.05, 4.69) is 0 Å². The minimum Gasteiger partial charge on any atom is -0.345 e. The Bertz CT molecular complexity index is 432. The largest absolute Gasteiger partial charge is 0.345 e. The van der Waals surface area contributed by atoms with E-state index in [9.17, 15) is 4.79 Å². The second-order valence-electron chi connectivity index (χ2n) is 4.99. The van der Waals surface area contributed by atoms with Crippen LogP contribution in [0.5, 0.6) is 0 Å². The summed E-state index contributed by atoms with van der Waals surface area (Å²) in [6.07, 6.45) is 5.00. The first-order valence-corrected chi connectivity index (χ1v) is 6.81. The van der Waals surface area contributed by atoms with Crippen LogP contribution >= 0.6 is 24.0 Å². The summed E-state index contributed by atoms with van der Waals surface area (Å²) in [5, 5.41) is 0.608. The van der Waals surface area contributed by atoms with Crippen molar-refractivity contribution in [2.24, 2.45) is 18.7 Å². The SMILES string of the molecule is Cl.Cn1cc(Cl)cc1C(=O)N1CCCC(CCN)C1. The summed E-state index contributed by atoms with van der Waals surface area (Å²) in [5.74, 6) is 0.620. The van der Waals surface area contributed by atoms with Crippen LogP contribution in [0.4, 0.5) is 0 Å². The van der Waals surface area contributed by atoms with Gasteiger partial charge in [0.25, 0.3) is 5.91 Å². The molecule has 0 spiro atoms. The molecule has 0 radical (unpaired) electrons. The molecule has 0 aromatic carbocycles. The summed E-state index contributed by atoms with van der Waals surface area (Å²) in [4.78, 5) is 14.3. The number of likely N-dealkylation sites (tertiary alicyclic amines) is 1. The van der Waals surface area contributed by atoms with Gasteiger partial charge in [0, 0.05) is 26.3 Å². The van der Waals surface area contributed by atoms with Crippen LogP contribution in [0.15, 0.2) is 12.3 Å². The number of nitrogens with zero attached hydrogens (tertiary/aromatic N) is 2. The van der Waals surface area contributed by atoms with Crippen molar-refractivity contribution in [3.63, 3.8) is 0 Å². The maximum atomic E-state index is 12.4. The second kappa shape index (κ2) is 7.17. The highest BCUT2D eigenvalue weighted by Crippen LogP contribution is 2.22. The van der Waals surface area contributed by atoms with E-state index in [1.54, 1.807) is 16.8 Å². The Morgan fingerprint density at radius 1 is 1.58 bits per heavy atom. The summed E-state index contributed by atoms with van der Waals surface area (Å²) < 4.78 is 1.79. The Kier molecular flexibility index (Phi) is 6.17. The summed E-state index contributed by atoms with van der Waals surface area (Å²) >= 11 is 5.92. The van der Waals surface area contributed by atoms with E-state index in [0.717, 1.165) is 25.9 Å². The topological polar surface area (TPSA) is 51.3 Å². The van der Waals surface area contributed by atoms with Crippen molar-refractivity contribution in [3.05, 3.63) is 23.0 Å². The molecule has 1 aliphatic heterocycles.